The Morgan fingerprint density at radius 3 is 3.06 bits per heavy atom. The summed E-state index contributed by atoms with van der Waals surface area (Å²) >= 11 is 0. The smallest absolute Gasteiger partial charge is 0.133 e. The molecular formula is C10H12N6. The molecule has 82 valence electrons. The SMILES string of the molecule is CCCC(N=[N+]=[N-])n1nnc2ccccc21. The number of hydrogen-bond donors (Lipinski definition) is 0. The third-order valence-electron chi connectivity index (χ3n) is 2.39. The summed E-state index contributed by atoms with van der Waals surface area (Å²) < 4.78 is 1.68. The zero-order chi connectivity index (χ0) is 11.4. The maximum absolute atomic E-state index is 8.53. The maximum atomic E-state index is 8.53. The summed E-state index contributed by atoms with van der Waals surface area (Å²) in [6, 6.07) is 7.63. The topological polar surface area (TPSA) is 79.5 Å². The van der Waals surface area contributed by atoms with Gasteiger partial charge >= 0.3 is 0 Å². The van der Waals surface area contributed by atoms with E-state index in [0.717, 1.165) is 23.9 Å². The molecule has 1 unspecified atom stereocenters. The van der Waals surface area contributed by atoms with E-state index in [-0.39, 0.29) is 6.17 Å². The van der Waals surface area contributed by atoms with Crippen LogP contribution in [-0.4, -0.2) is 15.0 Å². The quantitative estimate of drug-likeness (QED) is 0.447. The summed E-state index contributed by atoms with van der Waals surface area (Å²) in [6.07, 6.45) is 1.40. The summed E-state index contributed by atoms with van der Waals surface area (Å²) in [4.78, 5) is 2.85. The van der Waals surface area contributed by atoms with Crippen molar-refractivity contribution in [3.63, 3.8) is 0 Å². The molecule has 0 fully saturated rings. The Hall–Kier alpha value is -2.07. The second kappa shape index (κ2) is 4.63. The Morgan fingerprint density at radius 1 is 1.50 bits per heavy atom. The minimum absolute atomic E-state index is 0.289. The van der Waals surface area contributed by atoms with Crippen LogP contribution in [0.5, 0.6) is 0 Å². The van der Waals surface area contributed by atoms with Crippen molar-refractivity contribution in [2.45, 2.75) is 25.9 Å². The first-order chi connectivity index (χ1) is 7.86. The normalized spacial score (nSPS) is 12.3. The van der Waals surface area contributed by atoms with Crippen molar-refractivity contribution in [2.75, 3.05) is 0 Å². The first-order valence-corrected chi connectivity index (χ1v) is 5.21. The van der Waals surface area contributed by atoms with Crippen molar-refractivity contribution in [3.8, 4) is 0 Å². The third kappa shape index (κ3) is 1.83. The molecule has 0 radical (unpaired) electrons. The number of nitrogens with zero attached hydrogens (tertiary/aromatic N) is 6. The summed E-state index contributed by atoms with van der Waals surface area (Å²) in [5.41, 5.74) is 10.2. The molecule has 2 rings (SSSR count). The van der Waals surface area contributed by atoms with Crippen LogP contribution in [0.3, 0.4) is 0 Å². The van der Waals surface area contributed by atoms with E-state index in [2.05, 4.69) is 20.3 Å². The van der Waals surface area contributed by atoms with Crippen LogP contribution < -0.4 is 0 Å². The molecular weight excluding hydrogens is 204 g/mol. The van der Waals surface area contributed by atoms with Gasteiger partial charge in [0, 0.05) is 4.91 Å². The zero-order valence-corrected chi connectivity index (χ0v) is 8.98. The van der Waals surface area contributed by atoms with E-state index in [1.165, 1.54) is 0 Å². The summed E-state index contributed by atoms with van der Waals surface area (Å²) in [6.45, 7) is 2.04. The molecule has 0 saturated carbocycles. The van der Waals surface area contributed by atoms with Gasteiger partial charge in [0.1, 0.15) is 11.7 Å². The molecule has 2 aromatic rings. The van der Waals surface area contributed by atoms with Crippen LogP contribution in [0.1, 0.15) is 25.9 Å². The van der Waals surface area contributed by atoms with Crippen molar-refractivity contribution in [1.82, 2.24) is 15.0 Å². The highest BCUT2D eigenvalue weighted by molar-refractivity contribution is 5.73. The number of azide groups is 1. The van der Waals surface area contributed by atoms with E-state index in [4.69, 9.17) is 5.53 Å². The Labute approximate surface area is 92.5 Å². The molecule has 0 aliphatic carbocycles. The van der Waals surface area contributed by atoms with Gasteiger partial charge in [0.2, 0.25) is 0 Å². The van der Waals surface area contributed by atoms with Gasteiger partial charge in [-0.05, 0) is 24.1 Å². The molecule has 0 saturated heterocycles. The molecule has 1 aromatic carbocycles. The van der Waals surface area contributed by atoms with Gasteiger partial charge in [-0.1, -0.05) is 35.8 Å². The lowest BCUT2D eigenvalue weighted by molar-refractivity contribution is 0.434. The molecule has 0 aliphatic heterocycles. The average Bonchev–Trinajstić information content (AvgIpc) is 2.72. The minimum Gasteiger partial charge on any atom is -0.236 e. The third-order valence-corrected chi connectivity index (χ3v) is 2.39. The van der Waals surface area contributed by atoms with E-state index >= 15 is 0 Å². The Morgan fingerprint density at radius 2 is 2.31 bits per heavy atom. The highest BCUT2D eigenvalue weighted by atomic mass is 15.5. The average molecular weight is 216 g/mol. The fraction of sp³-hybridized carbons (Fsp3) is 0.400. The Balaban J connectivity index is 2.47. The number of benzene rings is 1. The molecule has 16 heavy (non-hydrogen) atoms. The Bertz CT molecular complexity index is 525. The molecule has 1 aromatic heterocycles. The van der Waals surface area contributed by atoms with Gasteiger partial charge in [-0.15, -0.1) is 5.10 Å². The second-order valence-electron chi connectivity index (χ2n) is 3.50. The van der Waals surface area contributed by atoms with E-state index in [1.807, 2.05) is 31.2 Å². The van der Waals surface area contributed by atoms with E-state index in [1.54, 1.807) is 4.68 Å². The van der Waals surface area contributed by atoms with Gasteiger partial charge in [-0.3, -0.25) is 0 Å². The van der Waals surface area contributed by atoms with Crippen LogP contribution >= 0.6 is 0 Å². The van der Waals surface area contributed by atoms with Crippen LogP contribution in [0.4, 0.5) is 0 Å². The standard InChI is InChI=1S/C10H12N6/c1-2-5-10(13-14-11)16-9-7-4-3-6-8(9)12-15-16/h3-4,6-7,10H,2,5H2,1H3. The van der Waals surface area contributed by atoms with Crippen LogP contribution in [0.2, 0.25) is 0 Å². The first kappa shape index (κ1) is 10.4. The monoisotopic (exact) mass is 216 g/mol. The molecule has 6 heteroatoms. The molecule has 0 spiro atoms. The van der Waals surface area contributed by atoms with Crippen molar-refractivity contribution < 1.29 is 0 Å². The highest BCUT2D eigenvalue weighted by Gasteiger charge is 2.12. The molecule has 6 nitrogen and oxygen atoms in total. The number of hydrogen-bond acceptors (Lipinski definition) is 3. The number of aromatic nitrogens is 3. The summed E-state index contributed by atoms with van der Waals surface area (Å²) in [5.74, 6) is 0. The number of rotatable bonds is 4. The lowest BCUT2D eigenvalue weighted by Gasteiger charge is -2.10. The molecule has 0 amide bonds. The van der Waals surface area contributed by atoms with Crippen molar-refractivity contribution in [3.05, 3.63) is 34.7 Å². The van der Waals surface area contributed by atoms with Gasteiger partial charge in [0.05, 0.1) is 5.52 Å². The van der Waals surface area contributed by atoms with E-state index < -0.39 is 0 Å². The predicted molar refractivity (Wildman–Crippen MR) is 60.6 cm³/mol. The van der Waals surface area contributed by atoms with Gasteiger partial charge in [-0.25, -0.2) is 4.68 Å². The highest BCUT2D eigenvalue weighted by Crippen LogP contribution is 2.20. The van der Waals surface area contributed by atoms with E-state index in [0.29, 0.717) is 0 Å². The lowest BCUT2D eigenvalue weighted by Crippen LogP contribution is -2.07. The number of para-hydroxylation sites is 1. The van der Waals surface area contributed by atoms with Crippen LogP contribution in [0, 0.1) is 0 Å². The molecule has 0 bridgehead atoms. The summed E-state index contributed by atoms with van der Waals surface area (Å²) in [5, 5.41) is 11.8. The molecule has 0 aliphatic rings. The lowest BCUT2D eigenvalue weighted by atomic mass is 10.2. The second-order valence-corrected chi connectivity index (χ2v) is 3.50. The number of fused-ring (bicyclic) bond motifs is 1. The molecule has 1 atom stereocenters. The Kier molecular flexibility index (Phi) is 3.03. The van der Waals surface area contributed by atoms with Crippen LogP contribution in [0.25, 0.3) is 21.5 Å². The van der Waals surface area contributed by atoms with Crippen LogP contribution in [-0.2, 0) is 0 Å². The molecule has 1 heterocycles. The van der Waals surface area contributed by atoms with Crippen molar-refractivity contribution >= 4 is 11.0 Å². The van der Waals surface area contributed by atoms with Gasteiger partial charge in [0.15, 0.2) is 0 Å². The largest absolute Gasteiger partial charge is 0.236 e. The fourth-order valence-electron chi connectivity index (χ4n) is 1.65. The minimum atomic E-state index is -0.289. The summed E-state index contributed by atoms with van der Waals surface area (Å²) in [7, 11) is 0. The van der Waals surface area contributed by atoms with E-state index in [9.17, 15) is 0 Å². The van der Waals surface area contributed by atoms with Gasteiger partial charge in [-0.2, -0.15) is 0 Å². The van der Waals surface area contributed by atoms with Crippen molar-refractivity contribution in [2.24, 2.45) is 5.11 Å². The van der Waals surface area contributed by atoms with Crippen molar-refractivity contribution in [1.29, 1.82) is 0 Å². The fourth-order valence-corrected chi connectivity index (χ4v) is 1.65. The molecule has 0 N–H and O–H groups in total. The first-order valence-electron chi connectivity index (χ1n) is 5.21. The zero-order valence-electron chi connectivity index (χ0n) is 8.98. The maximum Gasteiger partial charge on any atom is 0.133 e. The van der Waals surface area contributed by atoms with Gasteiger partial charge < -0.3 is 0 Å². The van der Waals surface area contributed by atoms with Crippen LogP contribution in [0.15, 0.2) is 29.4 Å². The van der Waals surface area contributed by atoms with Gasteiger partial charge in [0.25, 0.3) is 0 Å². The predicted octanol–water partition coefficient (Wildman–Crippen LogP) is 3.04.